The Hall–Kier alpha value is -1.88. The van der Waals surface area contributed by atoms with Crippen molar-refractivity contribution in [3.8, 4) is 5.75 Å². The van der Waals surface area contributed by atoms with Gasteiger partial charge in [0.1, 0.15) is 17.9 Å². The molecule has 0 spiro atoms. The van der Waals surface area contributed by atoms with Crippen molar-refractivity contribution in [3.63, 3.8) is 0 Å². The van der Waals surface area contributed by atoms with Gasteiger partial charge in [0.2, 0.25) is 0 Å². The molecule has 2 N–H and O–H groups in total. The van der Waals surface area contributed by atoms with E-state index in [9.17, 15) is 0 Å². The molecule has 0 saturated carbocycles. The molecule has 0 unspecified atom stereocenters. The van der Waals surface area contributed by atoms with Crippen LogP contribution in [0.2, 0.25) is 0 Å². The minimum atomic E-state index is 0.817. The molecule has 0 amide bonds. The number of aromatic nitrogens is 3. The Morgan fingerprint density at radius 1 is 1.39 bits per heavy atom. The van der Waals surface area contributed by atoms with Gasteiger partial charge in [-0.2, -0.15) is 5.10 Å². The van der Waals surface area contributed by atoms with Gasteiger partial charge in [0, 0.05) is 25.9 Å². The fourth-order valence-electron chi connectivity index (χ4n) is 2.14. The van der Waals surface area contributed by atoms with Gasteiger partial charge in [0.25, 0.3) is 0 Å². The van der Waals surface area contributed by atoms with Gasteiger partial charge in [-0.25, -0.2) is 4.98 Å². The quantitative estimate of drug-likeness (QED) is 0.772. The fraction of sp³-hybridized carbons (Fsp3) is 0.385. The van der Waals surface area contributed by atoms with Crippen LogP contribution in [-0.2, 0) is 19.4 Å². The summed E-state index contributed by atoms with van der Waals surface area (Å²) in [5.74, 6) is 1.96. The van der Waals surface area contributed by atoms with Crippen LogP contribution in [0.4, 0.5) is 0 Å². The van der Waals surface area contributed by atoms with E-state index in [4.69, 9.17) is 4.74 Å². The fourth-order valence-corrected chi connectivity index (χ4v) is 2.14. The monoisotopic (exact) mass is 244 g/mol. The SMILES string of the molecule is c1n[nH]c(CCNCc2ccc3c(c2)CCO3)n1. The molecule has 2 heterocycles. The van der Waals surface area contributed by atoms with Gasteiger partial charge in [-0.3, -0.25) is 5.10 Å². The van der Waals surface area contributed by atoms with Gasteiger partial charge in [-0.05, 0) is 17.2 Å². The van der Waals surface area contributed by atoms with E-state index in [2.05, 4.69) is 38.7 Å². The maximum Gasteiger partial charge on any atom is 0.137 e. The van der Waals surface area contributed by atoms with E-state index in [1.807, 2.05) is 0 Å². The number of H-pyrrole nitrogens is 1. The Bertz CT molecular complexity index is 510. The van der Waals surface area contributed by atoms with Crippen molar-refractivity contribution in [2.45, 2.75) is 19.4 Å². The van der Waals surface area contributed by atoms with Crippen LogP contribution < -0.4 is 10.1 Å². The first-order valence-electron chi connectivity index (χ1n) is 6.21. The highest BCUT2D eigenvalue weighted by molar-refractivity contribution is 5.39. The van der Waals surface area contributed by atoms with Gasteiger partial charge >= 0.3 is 0 Å². The molecule has 3 rings (SSSR count). The summed E-state index contributed by atoms with van der Waals surface area (Å²) in [6, 6.07) is 6.41. The molecule has 18 heavy (non-hydrogen) atoms. The van der Waals surface area contributed by atoms with E-state index in [-0.39, 0.29) is 0 Å². The van der Waals surface area contributed by atoms with Gasteiger partial charge < -0.3 is 10.1 Å². The number of fused-ring (bicyclic) bond motifs is 1. The molecule has 1 aliphatic heterocycles. The number of benzene rings is 1. The number of ether oxygens (including phenoxy) is 1. The lowest BCUT2D eigenvalue weighted by atomic mass is 10.1. The van der Waals surface area contributed by atoms with Crippen molar-refractivity contribution in [3.05, 3.63) is 41.5 Å². The predicted molar refractivity (Wildman–Crippen MR) is 67.4 cm³/mol. The highest BCUT2D eigenvalue weighted by Gasteiger charge is 2.11. The summed E-state index contributed by atoms with van der Waals surface area (Å²) in [4.78, 5) is 4.08. The molecule has 1 aromatic carbocycles. The minimum Gasteiger partial charge on any atom is -0.493 e. The summed E-state index contributed by atoms with van der Waals surface area (Å²) in [5, 5.41) is 10.1. The lowest BCUT2D eigenvalue weighted by molar-refractivity contribution is 0.357. The Labute approximate surface area is 106 Å². The van der Waals surface area contributed by atoms with Crippen molar-refractivity contribution in [2.24, 2.45) is 0 Å². The third kappa shape index (κ3) is 2.51. The van der Waals surface area contributed by atoms with Crippen molar-refractivity contribution in [2.75, 3.05) is 13.2 Å². The summed E-state index contributed by atoms with van der Waals surface area (Å²) in [6.45, 7) is 2.59. The smallest absolute Gasteiger partial charge is 0.137 e. The molecule has 0 atom stereocenters. The first-order valence-corrected chi connectivity index (χ1v) is 6.21. The standard InChI is InChI=1S/C13H16N4O/c1-2-12-11(4-6-18-12)7-10(1)8-14-5-3-13-15-9-16-17-13/h1-2,7,9,14H,3-6,8H2,(H,15,16,17). The van der Waals surface area contributed by atoms with E-state index < -0.39 is 0 Å². The zero-order valence-electron chi connectivity index (χ0n) is 10.1. The van der Waals surface area contributed by atoms with Crippen LogP contribution in [0.15, 0.2) is 24.5 Å². The second kappa shape index (κ2) is 5.18. The highest BCUT2D eigenvalue weighted by atomic mass is 16.5. The molecule has 1 aliphatic rings. The van der Waals surface area contributed by atoms with E-state index in [1.165, 1.54) is 17.5 Å². The molecular formula is C13H16N4O. The molecule has 0 saturated heterocycles. The van der Waals surface area contributed by atoms with Crippen LogP contribution in [0.25, 0.3) is 0 Å². The maximum absolute atomic E-state index is 5.49. The Balaban J connectivity index is 1.48. The Kier molecular flexibility index (Phi) is 3.23. The summed E-state index contributed by atoms with van der Waals surface area (Å²) in [5.41, 5.74) is 2.63. The summed E-state index contributed by atoms with van der Waals surface area (Å²) >= 11 is 0. The second-order valence-electron chi connectivity index (χ2n) is 4.40. The van der Waals surface area contributed by atoms with Crippen LogP contribution in [0.5, 0.6) is 5.75 Å². The van der Waals surface area contributed by atoms with Gasteiger partial charge in [0.15, 0.2) is 0 Å². The molecule has 0 aliphatic carbocycles. The van der Waals surface area contributed by atoms with Crippen molar-refractivity contribution < 1.29 is 4.74 Å². The maximum atomic E-state index is 5.49. The molecule has 5 nitrogen and oxygen atoms in total. The first-order chi connectivity index (χ1) is 8.92. The molecule has 94 valence electrons. The number of rotatable bonds is 5. The minimum absolute atomic E-state index is 0.817. The second-order valence-corrected chi connectivity index (χ2v) is 4.40. The molecule has 0 fully saturated rings. The topological polar surface area (TPSA) is 62.8 Å². The van der Waals surface area contributed by atoms with Crippen LogP contribution in [0.3, 0.4) is 0 Å². The zero-order chi connectivity index (χ0) is 12.2. The molecular weight excluding hydrogens is 228 g/mol. The lowest BCUT2D eigenvalue weighted by Gasteiger charge is -2.05. The third-order valence-electron chi connectivity index (χ3n) is 3.09. The number of aromatic amines is 1. The van der Waals surface area contributed by atoms with Gasteiger partial charge in [0.05, 0.1) is 6.61 Å². The van der Waals surface area contributed by atoms with Crippen molar-refractivity contribution >= 4 is 0 Å². The molecule has 2 aromatic rings. The highest BCUT2D eigenvalue weighted by Crippen LogP contribution is 2.25. The zero-order valence-corrected chi connectivity index (χ0v) is 10.1. The molecule has 1 aromatic heterocycles. The summed E-state index contributed by atoms with van der Waals surface area (Å²) in [7, 11) is 0. The molecule has 0 radical (unpaired) electrons. The Morgan fingerprint density at radius 2 is 2.39 bits per heavy atom. The van der Waals surface area contributed by atoms with Crippen LogP contribution in [0.1, 0.15) is 17.0 Å². The van der Waals surface area contributed by atoms with Crippen LogP contribution >= 0.6 is 0 Å². The largest absolute Gasteiger partial charge is 0.493 e. The van der Waals surface area contributed by atoms with Crippen LogP contribution in [0, 0.1) is 0 Å². The van der Waals surface area contributed by atoms with E-state index in [0.29, 0.717) is 0 Å². The van der Waals surface area contributed by atoms with Gasteiger partial charge in [-0.15, -0.1) is 0 Å². The summed E-state index contributed by atoms with van der Waals surface area (Å²) < 4.78 is 5.49. The van der Waals surface area contributed by atoms with Gasteiger partial charge in [-0.1, -0.05) is 12.1 Å². The van der Waals surface area contributed by atoms with E-state index in [0.717, 1.165) is 44.1 Å². The first kappa shape index (κ1) is 11.2. The molecule has 0 bridgehead atoms. The normalized spacial score (nSPS) is 13.3. The average Bonchev–Trinajstić information content (AvgIpc) is 3.05. The van der Waals surface area contributed by atoms with Crippen molar-refractivity contribution in [1.29, 1.82) is 0 Å². The summed E-state index contributed by atoms with van der Waals surface area (Å²) in [6.07, 6.45) is 3.44. The number of hydrogen-bond acceptors (Lipinski definition) is 4. The Morgan fingerprint density at radius 3 is 3.28 bits per heavy atom. The number of hydrogen-bond donors (Lipinski definition) is 2. The number of nitrogens with one attached hydrogen (secondary N) is 2. The van der Waals surface area contributed by atoms with Crippen molar-refractivity contribution in [1.82, 2.24) is 20.5 Å². The third-order valence-corrected chi connectivity index (χ3v) is 3.09. The molecule has 5 heteroatoms. The van der Waals surface area contributed by atoms with Crippen LogP contribution in [-0.4, -0.2) is 28.3 Å². The number of nitrogens with zero attached hydrogens (tertiary/aromatic N) is 2. The predicted octanol–water partition coefficient (Wildman–Crippen LogP) is 1.07. The lowest BCUT2D eigenvalue weighted by Crippen LogP contribution is -2.17. The van der Waals surface area contributed by atoms with E-state index in [1.54, 1.807) is 0 Å². The van der Waals surface area contributed by atoms with E-state index >= 15 is 0 Å². The average molecular weight is 244 g/mol.